The molecule has 1 saturated heterocycles. The number of hydrogen-bond donors (Lipinski definition) is 18. The number of carboxylic acids is 2. The summed E-state index contributed by atoms with van der Waals surface area (Å²) in [5.74, 6) is -14.0. The molecule has 2 aliphatic heterocycles. The van der Waals surface area contributed by atoms with Crippen molar-refractivity contribution in [2.24, 2.45) is 29.2 Å². The average molecular weight is 1740 g/mol. The topological polar surface area (TPSA) is 536 Å². The number of hydrogen-bond acceptors (Lipinski definition) is 20. The summed E-state index contributed by atoms with van der Waals surface area (Å²) in [5, 5.41) is 61.3. The molecule has 2 aromatic heterocycles. The zero-order chi connectivity index (χ0) is 89.0. The van der Waals surface area contributed by atoms with Crippen LogP contribution >= 0.6 is 35.3 Å². The second-order valence-electron chi connectivity index (χ2n) is 31.8. The van der Waals surface area contributed by atoms with Crippen LogP contribution in [0.4, 0.5) is 0 Å². The molecule has 0 radical (unpaired) electrons. The first-order valence-corrected chi connectivity index (χ1v) is 44.5. The lowest BCUT2D eigenvalue weighted by Crippen LogP contribution is -2.61. The molecule has 34 nitrogen and oxygen atoms in total. The molecule has 660 valence electrons. The van der Waals surface area contributed by atoms with Gasteiger partial charge in [0.25, 0.3) is 0 Å². The van der Waals surface area contributed by atoms with Crippen molar-refractivity contribution in [2.75, 3.05) is 30.1 Å². The molecule has 8 rings (SSSR count). The second-order valence-corrected chi connectivity index (χ2v) is 34.8. The van der Waals surface area contributed by atoms with Gasteiger partial charge in [-0.2, -0.15) is 35.3 Å². The van der Waals surface area contributed by atoms with E-state index in [0.29, 0.717) is 62.2 Å². The van der Waals surface area contributed by atoms with Crippen molar-refractivity contribution in [3.63, 3.8) is 0 Å². The highest BCUT2D eigenvalue weighted by Gasteiger charge is 2.43. The third-order valence-corrected chi connectivity index (χ3v) is 24.0. The Kier molecular flexibility index (Phi) is 36.9. The van der Waals surface area contributed by atoms with E-state index in [0.717, 1.165) is 11.1 Å². The minimum atomic E-state index is -1.91. The van der Waals surface area contributed by atoms with Crippen molar-refractivity contribution >= 4 is 146 Å². The summed E-state index contributed by atoms with van der Waals surface area (Å²) in [6.07, 6.45) is 2.98. The van der Waals surface area contributed by atoms with Gasteiger partial charge in [0.2, 0.25) is 76.8 Å². The van der Waals surface area contributed by atoms with E-state index in [1.807, 2.05) is 51.3 Å². The maximum atomic E-state index is 15.7. The molecule has 0 aliphatic carbocycles. The Morgan fingerprint density at radius 1 is 0.590 bits per heavy atom. The van der Waals surface area contributed by atoms with Gasteiger partial charge in [-0.05, 0) is 127 Å². The number of nitrogens with two attached hydrogens (primary N) is 2. The van der Waals surface area contributed by atoms with E-state index in [4.69, 9.17) is 11.5 Å². The Balaban J connectivity index is 1.05. The molecule has 1 fully saturated rings. The SMILES string of the molecule is CC[C@H](C)[C@@H]1NC(=O)[C@H](CC(C)C)NC(=O)[C@H](C)NC(=O)[C@@H](NC(=O)[C@H](CC(C)C)NC(=O)[C@H](CCC(=O)O)NC(=O)[C@@H]2CCCN2C(=O)[C@H](Cc2c[nH]c3ccccc23)NC(=O)[C@H](Cc2c[nH]c3ccccc23)NC(=O)[C@H](CC(=O)O)NC(=O)[C@H](Cc2ccc(O)cc2)NC(=O)[C@@H](N)CCSC)CSCc2cccc(c2)CSC[C@@H](C(N)=O)NC1=O. The van der Waals surface area contributed by atoms with Crippen LogP contribution in [-0.2, 0) is 103 Å². The van der Waals surface area contributed by atoms with Crippen LogP contribution in [-0.4, -0.2) is 228 Å². The lowest BCUT2D eigenvalue weighted by atomic mass is 9.96. The van der Waals surface area contributed by atoms with Crippen molar-refractivity contribution in [3.05, 3.63) is 137 Å². The molecule has 13 amide bonds. The van der Waals surface area contributed by atoms with Crippen LogP contribution in [0.5, 0.6) is 5.75 Å². The third kappa shape index (κ3) is 28.7. The maximum absolute atomic E-state index is 15.7. The molecule has 0 spiro atoms. The molecule has 37 heteroatoms. The van der Waals surface area contributed by atoms with Crippen molar-refractivity contribution < 1.29 is 87.2 Å². The monoisotopic (exact) mass is 1740 g/mol. The first kappa shape index (κ1) is 96.3. The number of phenolic OH excluding ortho intramolecular Hbond substituents is 1. The summed E-state index contributed by atoms with van der Waals surface area (Å²) in [6.45, 7) is 12.0. The van der Waals surface area contributed by atoms with Crippen molar-refractivity contribution in [2.45, 2.75) is 216 Å². The van der Waals surface area contributed by atoms with E-state index in [1.165, 1.54) is 71.4 Å². The minimum Gasteiger partial charge on any atom is -0.508 e. The van der Waals surface area contributed by atoms with Crippen LogP contribution < -0.4 is 70.0 Å². The number of primary amides is 1. The van der Waals surface area contributed by atoms with Crippen LogP contribution in [0.3, 0.4) is 0 Å². The molecule has 20 N–H and O–H groups in total. The number of carboxylic acid groups (broad SMARTS) is 2. The summed E-state index contributed by atoms with van der Waals surface area (Å²) in [5.41, 5.74) is 16.4. The highest BCUT2D eigenvalue weighted by molar-refractivity contribution is 7.99. The van der Waals surface area contributed by atoms with Crippen molar-refractivity contribution in [3.8, 4) is 5.75 Å². The molecular formula is C85H114N16O18S3. The van der Waals surface area contributed by atoms with E-state index < -0.39 is 192 Å². The third-order valence-electron chi connectivity index (χ3n) is 21.2. The van der Waals surface area contributed by atoms with Gasteiger partial charge in [0.1, 0.15) is 78.3 Å². The van der Waals surface area contributed by atoms with Crippen LogP contribution in [0.1, 0.15) is 134 Å². The number of nitrogens with zero attached hydrogens (tertiary/aromatic N) is 1. The molecule has 4 heterocycles. The predicted octanol–water partition coefficient (Wildman–Crippen LogP) is 2.95. The molecule has 0 unspecified atom stereocenters. The number of amides is 13. The Labute approximate surface area is 720 Å². The number of aromatic hydroxyl groups is 1. The van der Waals surface area contributed by atoms with Gasteiger partial charge in [0.05, 0.1) is 12.5 Å². The number of aromatic amines is 2. The standard InChI is InChI=1S/C85H114N16O18S3/c1-9-47(6)72-84(118)98-67(73(87)107)43-121-41-50-16-14-17-51(34-50)42-122-44-68(82(116)90-48(7)74(108)92-62(33-46(4)5)81(115)100-72)99-77(111)61(32-45(2)3)94-76(110)60(27-28-70(103)104)91-83(117)69-22-15-30-101(69)85(119)66(37-53-40-89-59-21-13-11-19-56(53)59)97-79(113)64(36-52-39-88-58-20-12-10-18-55(52)58)95-80(114)65(38-71(105)106)96-78(112)63(35-49-23-25-54(102)26-24-49)93-75(109)57(86)29-31-120-8/h10-14,16-21,23-26,34,39-40,45-48,57,60-69,72,88-89,102H,9,15,22,27-33,35-38,41-44,86H2,1-8H3,(H2,87,107)(H,90,116)(H,91,117)(H,92,108)(H,93,109)(H,94,110)(H,95,114)(H,96,112)(H,97,113)(H,98,118)(H,99,111)(H,100,115)(H,103,104)(H,105,106)/t47-,48-,57-,60-,61-,62-,63-,64-,65-,66-,67-,68-,69-,72-/m0/s1. The average Bonchev–Trinajstić information content (AvgIpc) is 1.64. The smallest absolute Gasteiger partial charge is 0.305 e. The van der Waals surface area contributed by atoms with Gasteiger partial charge in [0, 0.05) is 89.4 Å². The Bertz CT molecular complexity index is 4700. The van der Waals surface area contributed by atoms with Crippen LogP contribution in [0.15, 0.2) is 109 Å². The second kappa shape index (κ2) is 46.7. The first-order chi connectivity index (χ1) is 58.1. The molecule has 6 aromatic rings. The number of rotatable bonds is 36. The van der Waals surface area contributed by atoms with Gasteiger partial charge in [-0.3, -0.25) is 71.9 Å². The number of fused-ring (bicyclic) bond motifs is 4. The molecule has 2 aliphatic rings. The van der Waals surface area contributed by atoms with Crippen molar-refractivity contribution in [1.82, 2.24) is 73.4 Å². The van der Waals surface area contributed by atoms with Crippen LogP contribution in [0.25, 0.3) is 21.8 Å². The minimum absolute atomic E-state index is 0.00497. The first-order valence-electron chi connectivity index (χ1n) is 40.8. The number of aliphatic carboxylic acids is 2. The van der Waals surface area contributed by atoms with E-state index >= 15 is 14.4 Å². The fraction of sp³-hybridized carbons (Fsp3) is 0.494. The lowest BCUT2D eigenvalue weighted by Gasteiger charge is -2.31. The normalized spacial score (nSPS) is 19.6. The lowest BCUT2D eigenvalue weighted by molar-refractivity contribution is -0.143. The molecule has 0 saturated carbocycles. The summed E-state index contributed by atoms with van der Waals surface area (Å²) in [6, 6.07) is 8.93. The van der Waals surface area contributed by atoms with Gasteiger partial charge in [0.15, 0.2) is 0 Å². The van der Waals surface area contributed by atoms with Crippen LogP contribution in [0.2, 0.25) is 0 Å². The van der Waals surface area contributed by atoms with Gasteiger partial charge >= 0.3 is 11.9 Å². The Hall–Kier alpha value is -11.2. The fourth-order valence-electron chi connectivity index (χ4n) is 14.3. The highest BCUT2D eigenvalue weighted by Crippen LogP contribution is 2.27. The van der Waals surface area contributed by atoms with Gasteiger partial charge < -0.3 is 100 Å². The summed E-state index contributed by atoms with van der Waals surface area (Å²) >= 11 is 4.02. The number of aromatic nitrogens is 2. The summed E-state index contributed by atoms with van der Waals surface area (Å²) < 4.78 is 0. The predicted molar refractivity (Wildman–Crippen MR) is 464 cm³/mol. The largest absolute Gasteiger partial charge is 0.508 e. The van der Waals surface area contributed by atoms with Crippen molar-refractivity contribution in [1.29, 1.82) is 0 Å². The summed E-state index contributed by atoms with van der Waals surface area (Å²) in [4.78, 5) is 221. The van der Waals surface area contributed by atoms with E-state index in [9.17, 15) is 72.9 Å². The summed E-state index contributed by atoms with van der Waals surface area (Å²) in [7, 11) is 0. The maximum Gasteiger partial charge on any atom is 0.305 e. The van der Waals surface area contributed by atoms with Crippen LogP contribution in [0, 0.1) is 17.8 Å². The zero-order valence-corrected chi connectivity index (χ0v) is 72.1. The van der Waals surface area contributed by atoms with Gasteiger partial charge in [-0.25, -0.2) is 0 Å². The van der Waals surface area contributed by atoms with E-state index in [1.54, 1.807) is 81.7 Å². The number of likely N-dealkylation sites (tertiary alicyclic amines) is 1. The molecule has 4 aromatic carbocycles. The Morgan fingerprint density at radius 2 is 1.16 bits per heavy atom. The zero-order valence-electron chi connectivity index (χ0n) is 69.6. The number of phenols is 1. The number of carbonyl (C=O) groups excluding carboxylic acids is 13. The van der Waals surface area contributed by atoms with E-state index in [2.05, 4.69) is 68.5 Å². The Morgan fingerprint density at radius 3 is 1.75 bits per heavy atom. The number of benzene rings is 4. The van der Waals surface area contributed by atoms with Gasteiger partial charge in [-0.15, -0.1) is 0 Å². The number of H-pyrrole nitrogens is 2. The van der Waals surface area contributed by atoms with Gasteiger partial charge in [-0.1, -0.05) is 121 Å². The van der Waals surface area contributed by atoms with E-state index in [-0.39, 0.29) is 87.0 Å². The molecule has 2 bridgehead atoms. The fourth-order valence-corrected chi connectivity index (χ4v) is 16.8. The number of thioether (sulfide) groups is 3. The molecule has 122 heavy (non-hydrogen) atoms. The highest BCUT2D eigenvalue weighted by atomic mass is 32.2. The molecular weight excluding hydrogens is 1630 g/mol. The number of para-hydroxylation sites is 2. The quantitative estimate of drug-likeness (QED) is 0.0269. The number of nitrogens with one attached hydrogen (secondary N) is 13. The number of carbonyl (C=O) groups is 15. The molecule has 14 atom stereocenters.